The molecule has 0 aliphatic rings. The predicted octanol–water partition coefficient (Wildman–Crippen LogP) is 4.06. The summed E-state index contributed by atoms with van der Waals surface area (Å²) in [5.74, 6) is 0.249. The highest BCUT2D eigenvalue weighted by atomic mass is 16.5. The van der Waals surface area contributed by atoms with Gasteiger partial charge in [-0.2, -0.15) is 0 Å². The van der Waals surface area contributed by atoms with E-state index in [1.807, 2.05) is 67.6 Å². The summed E-state index contributed by atoms with van der Waals surface area (Å²) in [4.78, 5) is 11.2. The molecule has 0 radical (unpaired) electrons. The Bertz CT molecular complexity index is 580. The van der Waals surface area contributed by atoms with Gasteiger partial charge in [0.15, 0.2) is 0 Å². The van der Waals surface area contributed by atoms with Gasteiger partial charge < -0.3 is 4.74 Å². The van der Waals surface area contributed by atoms with Crippen molar-refractivity contribution in [2.75, 3.05) is 0 Å². The summed E-state index contributed by atoms with van der Waals surface area (Å²) in [6, 6.07) is 17.7. The molecule has 96 valence electrons. The van der Waals surface area contributed by atoms with Crippen molar-refractivity contribution in [1.29, 1.82) is 0 Å². The molecule has 0 spiro atoms. The fraction of sp³-hybridized carbons (Fsp3) is 0.118. The quantitative estimate of drug-likeness (QED) is 0.468. The topological polar surface area (TPSA) is 26.3 Å². The van der Waals surface area contributed by atoms with E-state index in [9.17, 15) is 4.79 Å². The molecular weight excluding hydrogens is 236 g/mol. The lowest BCUT2D eigenvalue weighted by atomic mass is 10.1. The average Bonchev–Trinajstić information content (AvgIpc) is 2.41. The molecule has 0 saturated heterocycles. The number of benzene rings is 2. The molecule has 2 rings (SSSR count). The Labute approximate surface area is 113 Å². The predicted molar refractivity (Wildman–Crippen MR) is 77.3 cm³/mol. The molecule has 2 nitrogen and oxygen atoms in total. The minimum atomic E-state index is -0.317. The Balaban J connectivity index is 2.37. The second kappa shape index (κ2) is 6.01. The first kappa shape index (κ1) is 13.1. The van der Waals surface area contributed by atoms with Crippen molar-refractivity contribution in [3.63, 3.8) is 0 Å². The molecule has 19 heavy (non-hydrogen) atoms. The average molecular weight is 252 g/mol. The molecule has 0 N–H and O–H groups in total. The summed E-state index contributed by atoms with van der Waals surface area (Å²) in [7, 11) is 0. The van der Waals surface area contributed by atoms with Gasteiger partial charge in [-0.15, -0.1) is 0 Å². The zero-order chi connectivity index (χ0) is 13.7. The molecule has 2 aromatic carbocycles. The Hall–Kier alpha value is -2.35. The van der Waals surface area contributed by atoms with E-state index in [-0.39, 0.29) is 5.97 Å². The van der Waals surface area contributed by atoms with Gasteiger partial charge in [0.2, 0.25) is 0 Å². The third-order valence-corrected chi connectivity index (χ3v) is 2.69. The maximum Gasteiger partial charge on any atom is 0.308 e. The molecule has 0 aliphatic carbocycles. The minimum Gasteiger partial charge on any atom is -0.426 e. The number of esters is 1. The third-order valence-electron chi connectivity index (χ3n) is 2.69. The monoisotopic (exact) mass is 252 g/mol. The van der Waals surface area contributed by atoms with Crippen molar-refractivity contribution in [3.8, 4) is 0 Å². The zero-order valence-electron chi connectivity index (χ0n) is 11.1. The van der Waals surface area contributed by atoms with Gasteiger partial charge in [-0.05, 0) is 18.6 Å². The fourth-order valence-electron chi connectivity index (χ4n) is 1.74. The van der Waals surface area contributed by atoms with Crippen molar-refractivity contribution < 1.29 is 9.53 Å². The van der Waals surface area contributed by atoms with Crippen LogP contribution in [0.4, 0.5) is 0 Å². The summed E-state index contributed by atoms with van der Waals surface area (Å²) in [6.45, 7) is 3.45. The first-order chi connectivity index (χ1) is 9.15. The molecule has 0 aromatic heterocycles. The van der Waals surface area contributed by atoms with Crippen molar-refractivity contribution in [3.05, 3.63) is 71.3 Å². The lowest BCUT2D eigenvalue weighted by molar-refractivity contribution is -0.134. The van der Waals surface area contributed by atoms with Crippen LogP contribution in [0.15, 0.2) is 54.6 Å². The lowest BCUT2D eigenvalue weighted by Crippen LogP contribution is -1.98. The molecule has 0 aliphatic heterocycles. The van der Waals surface area contributed by atoms with E-state index in [2.05, 4.69) is 0 Å². The molecule has 0 amide bonds. The van der Waals surface area contributed by atoms with E-state index < -0.39 is 0 Å². The standard InChI is InChI=1S/C17H16O2/c1-13-8-10-15(11-9-13)12-17(19-14(2)18)16-6-4-3-5-7-16/h3-12H,1-2H3/b17-12-. The van der Waals surface area contributed by atoms with E-state index in [1.165, 1.54) is 12.5 Å². The Kier molecular flexibility index (Phi) is 4.14. The van der Waals surface area contributed by atoms with Gasteiger partial charge in [-0.1, -0.05) is 60.2 Å². The number of rotatable bonds is 3. The largest absolute Gasteiger partial charge is 0.426 e. The van der Waals surface area contributed by atoms with Crippen LogP contribution in [0.25, 0.3) is 11.8 Å². The van der Waals surface area contributed by atoms with Gasteiger partial charge >= 0.3 is 5.97 Å². The summed E-state index contributed by atoms with van der Waals surface area (Å²) in [5.41, 5.74) is 3.09. The van der Waals surface area contributed by atoms with Crippen molar-refractivity contribution >= 4 is 17.8 Å². The summed E-state index contributed by atoms with van der Waals surface area (Å²) < 4.78 is 5.29. The third kappa shape index (κ3) is 3.81. The van der Waals surface area contributed by atoms with E-state index >= 15 is 0 Å². The second-order valence-corrected chi connectivity index (χ2v) is 4.38. The van der Waals surface area contributed by atoms with Crippen molar-refractivity contribution in [2.24, 2.45) is 0 Å². The second-order valence-electron chi connectivity index (χ2n) is 4.38. The van der Waals surface area contributed by atoms with Gasteiger partial charge in [0, 0.05) is 12.5 Å². The number of aryl methyl sites for hydroxylation is 1. The van der Waals surface area contributed by atoms with Crippen molar-refractivity contribution in [2.45, 2.75) is 13.8 Å². The maximum atomic E-state index is 11.2. The molecule has 0 saturated carbocycles. The first-order valence-corrected chi connectivity index (χ1v) is 6.17. The first-order valence-electron chi connectivity index (χ1n) is 6.17. The molecule has 0 bridgehead atoms. The van der Waals surface area contributed by atoms with Gasteiger partial charge in [-0.25, -0.2) is 0 Å². The molecule has 0 unspecified atom stereocenters. The van der Waals surface area contributed by atoms with Crippen LogP contribution in [-0.4, -0.2) is 5.97 Å². The Morgan fingerprint density at radius 1 is 1.00 bits per heavy atom. The van der Waals surface area contributed by atoms with Crippen LogP contribution in [0.2, 0.25) is 0 Å². The maximum absolute atomic E-state index is 11.2. The Morgan fingerprint density at radius 2 is 1.63 bits per heavy atom. The van der Waals surface area contributed by atoms with E-state index in [4.69, 9.17) is 4.74 Å². The van der Waals surface area contributed by atoms with E-state index in [1.54, 1.807) is 0 Å². The van der Waals surface area contributed by atoms with E-state index in [0.29, 0.717) is 5.76 Å². The van der Waals surface area contributed by atoms with Gasteiger partial charge in [0.1, 0.15) is 5.76 Å². The fourth-order valence-corrected chi connectivity index (χ4v) is 1.74. The van der Waals surface area contributed by atoms with Crippen LogP contribution in [-0.2, 0) is 9.53 Å². The molecule has 2 aromatic rings. The number of hydrogen-bond acceptors (Lipinski definition) is 2. The number of hydrogen-bond donors (Lipinski definition) is 0. The van der Waals surface area contributed by atoms with Crippen LogP contribution in [0.1, 0.15) is 23.6 Å². The van der Waals surface area contributed by atoms with Gasteiger partial charge in [0.05, 0.1) is 0 Å². The summed E-state index contributed by atoms with van der Waals surface area (Å²) >= 11 is 0. The molecule has 0 fully saturated rings. The van der Waals surface area contributed by atoms with Crippen molar-refractivity contribution in [1.82, 2.24) is 0 Å². The zero-order valence-corrected chi connectivity index (χ0v) is 11.1. The van der Waals surface area contributed by atoms with Crippen LogP contribution in [0.3, 0.4) is 0 Å². The molecule has 2 heteroatoms. The minimum absolute atomic E-state index is 0.317. The highest BCUT2D eigenvalue weighted by molar-refractivity contribution is 5.84. The highest BCUT2D eigenvalue weighted by Gasteiger charge is 2.05. The van der Waals surface area contributed by atoms with Crippen LogP contribution >= 0.6 is 0 Å². The summed E-state index contributed by atoms with van der Waals surface area (Å²) in [5, 5.41) is 0. The smallest absolute Gasteiger partial charge is 0.308 e. The highest BCUT2D eigenvalue weighted by Crippen LogP contribution is 2.20. The van der Waals surface area contributed by atoms with Gasteiger partial charge in [-0.3, -0.25) is 4.79 Å². The van der Waals surface area contributed by atoms with Crippen LogP contribution < -0.4 is 0 Å². The lowest BCUT2D eigenvalue weighted by Gasteiger charge is -2.07. The number of ether oxygens (including phenoxy) is 1. The number of carbonyl (C=O) groups is 1. The van der Waals surface area contributed by atoms with Crippen LogP contribution in [0.5, 0.6) is 0 Å². The molecule has 0 heterocycles. The SMILES string of the molecule is CC(=O)O/C(=C\c1ccc(C)cc1)c1ccccc1. The van der Waals surface area contributed by atoms with Crippen LogP contribution in [0, 0.1) is 6.92 Å². The van der Waals surface area contributed by atoms with Gasteiger partial charge in [0.25, 0.3) is 0 Å². The number of carbonyl (C=O) groups excluding carboxylic acids is 1. The molecular formula is C17H16O2. The van der Waals surface area contributed by atoms with E-state index in [0.717, 1.165) is 11.1 Å². The Morgan fingerprint density at radius 3 is 2.21 bits per heavy atom. The molecule has 0 atom stereocenters. The normalized spacial score (nSPS) is 11.2. The summed E-state index contributed by atoms with van der Waals surface area (Å²) in [6.07, 6.45) is 1.87.